The smallest absolute Gasteiger partial charge is 0.374 e. The Hall–Kier alpha value is -1.21. The average molecular weight is 390 g/mol. The summed E-state index contributed by atoms with van der Waals surface area (Å²) in [5.74, 6) is 0. The topological polar surface area (TPSA) is 21.3 Å². The minimum Gasteiger partial charge on any atom is -0.374 e. The molecule has 0 aliphatic carbocycles. The molecule has 7 heteroatoms. The lowest BCUT2D eigenvalue weighted by Crippen LogP contribution is -2.41. The Labute approximate surface area is 155 Å². The number of nitrogens with one attached hydrogen (secondary N) is 1. The van der Waals surface area contributed by atoms with Gasteiger partial charge < -0.3 is 10.1 Å². The molecule has 0 radical (unpaired) electrons. The lowest BCUT2D eigenvalue weighted by Gasteiger charge is -2.31. The molecule has 0 saturated carbocycles. The van der Waals surface area contributed by atoms with Gasteiger partial charge in [-0.2, -0.15) is 13.2 Å². The van der Waals surface area contributed by atoms with Crippen molar-refractivity contribution in [2.24, 2.45) is 0 Å². The SMILES string of the molecule is Cl.FC(F)(F)c1ccccc1S[C@H](c1ccccc1)[C@H]1CNCCO1. The second kappa shape index (κ2) is 8.94. The van der Waals surface area contributed by atoms with Gasteiger partial charge in [0.05, 0.1) is 23.5 Å². The molecule has 1 aliphatic rings. The number of ether oxygens (including phenoxy) is 1. The second-order valence-corrected chi connectivity index (χ2v) is 6.74. The van der Waals surface area contributed by atoms with Crippen LogP contribution in [0.25, 0.3) is 0 Å². The lowest BCUT2D eigenvalue weighted by atomic mass is 10.1. The van der Waals surface area contributed by atoms with Crippen LogP contribution in [0.15, 0.2) is 59.5 Å². The first kappa shape index (κ1) is 20.1. The molecule has 2 nitrogen and oxygen atoms in total. The van der Waals surface area contributed by atoms with E-state index in [0.717, 1.165) is 18.2 Å². The van der Waals surface area contributed by atoms with Crippen LogP contribution in [0.4, 0.5) is 13.2 Å². The highest BCUT2D eigenvalue weighted by molar-refractivity contribution is 7.99. The quantitative estimate of drug-likeness (QED) is 0.747. The summed E-state index contributed by atoms with van der Waals surface area (Å²) in [6.07, 6.45) is -4.54. The molecule has 1 N–H and O–H groups in total. The van der Waals surface area contributed by atoms with E-state index in [1.807, 2.05) is 30.3 Å². The molecule has 0 unspecified atom stereocenters. The van der Waals surface area contributed by atoms with Crippen LogP contribution in [0.1, 0.15) is 16.4 Å². The van der Waals surface area contributed by atoms with Crippen molar-refractivity contribution in [1.82, 2.24) is 5.32 Å². The van der Waals surface area contributed by atoms with Crippen molar-refractivity contribution >= 4 is 24.2 Å². The maximum Gasteiger partial charge on any atom is 0.417 e. The third kappa shape index (κ3) is 5.14. The van der Waals surface area contributed by atoms with Gasteiger partial charge >= 0.3 is 6.18 Å². The number of rotatable bonds is 4. The van der Waals surface area contributed by atoms with E-state index >= 15 is 0 Å². The van der Waals surface area contributed by atoms with Gasteiger partial charge in [-0.25, -0.2) is 0 Å². The molecule has 25 heavy (non-hydrogen) atoms. The summed E-state index contributed by atoms with van der Waals surface area (Å²) in [4.78, 5) is 0.230. The van der Waals surface area contributed by atoms with E-state index in [2.05, 4.69) is 5.32 Å². The van der Waals surface area contributed by atoms with Gasteiger partial charge in [0, 0.05) is 18.0 Å². The zero-order valence-corrected chi connectivity index (χ0v) is 15.0. The molecule has 0 bridgehead atoms. The number of benzene rings is 2. The summed E-state index contributed by atoms with van der Waals surface area (Å²) >= 11 is 1.22. The molecule has 2 atom stereocenters. The molecular formula is C18H19ClF3NOS. The monoisotopic (exact) mass is 389 g/mol. The van der Waals surface area contributed by atoms with Gasteiger partial charge in [-0.3, -0.25) is 0 Å². The predicted molar refractivity (Wildman–Crippen MR) is 96.3 cm³/mol. The maximum atomic E-state index is 13.3. The molecular weight excluding hydrogens is 371 g/mol. The molecule has 1 heterocycles. The van der Waals surface area contributed by atoms with Crippen LogP contribution in [0.2, 0.25) is 0 Å². The molecule has 136 valence electrons. The lowest BCUT2D eigenvalue weighted by molar-refractivity contribution is -0.139. The van der Waals surface area contributed by atoms with E-state index < -0.39 is 11.7 Å². The third-order valence-corrected chi connectivity index (χ3v) is 5.31. The largest absolute Gasteiger partial charge is 0.417 e. The van der Waals surface area contributed by atoms with Gasteiger partial charge in [0.2, 0.25) is 0 Å². The van der Waals surface area contributed by atoms with Crippen molar-refractivity contribution in [2.75, 3.05) is 19.7 Å². The highest BCUT2D eigenvalue weighted by atomic mass is 35.5. The van der Waals surface area contributed by atoms with Crippen molar-refractivity contribution in [2.45, 2.75) is 22.4 Å². The Morgan fingerprint density at radius 1 is 1.04 bits per heavy atom. The van der Waals surface area contributed by atoms with Crippen LogP contribution in [0, 0.1) is 0 Å². The van der Waals surface area contributed by atoms with Crippen molar-refractivity contribution in [3.05, 3.63) is 65.7 Å². The summed E-state index contributed by atoms with van der Waals surface area (Å²) in [5, 5.41) is 3.05. The van der Waals surface area contributed by atoms with E-state index in [1.165, 1.54) is 23.9 Å². The van der Waals surface area contributed by atoms with Gasteiger partial charge in [0.15, 0.2) is 0 Å². The van der Waals surface area contributed by atoms with Gasteiger partial charge in [-0.1, -0.05) is 42.5 Å². The molecule has 0 spiro atoms. The number of halogens is 4. The fraction of sp³-hybridized carbons (Fsp3) is 0.333. The molecule has 3 rings (SSSR count). The third-order valence-electron chi connectivity index (χ3n) is 3.87. The zero-order chi connectivity index (χ0) is 17.0. The van der Waals surface area contributed by atoms with Crippen molar-refractivity contribution in [3.8, 4) is 0 Å². The van der Waals surface area contributed by atoms with Crippen LogP contribution >= 0.6 is 24.2 Å². The summed E-state index contributed by atoms with van der Waals surface area (Å²) in [7, 11) is 0. The van der Waals surface area contributed by atoms with Crippen LogP contribution in [-0.2, 0) is 10.9 Å². The summed E-state index contributed by atoms with van der Waals surface area (Å²) in [5.41, 5.74) is 0.368. The Morgan fingerprint density at radius 3 is 2.36 bits per heavy atom. The van der Waals surface area contributed by atoms with Crippen LogP contribution in [0.5, 0.6) is 0 Å². The van der Waals surface area contributed by atoms with E-state index in [-0.39, 0.29) is 28.7 Å². The first-order valence-corrected chi connectivity index (χ1v) is 8.64. The minimum absolute atomic E-state index is 0. The predicted octanol–water partition coefficient (Wildman–Crippen LogP) is 4.95. The summed E-state index contributed by atoms with van der Waals surface area (Å²) in [6.45, 7) is 1.96. The zero-order valence-electron chi connectivity index (χ0n) is 13.3. The highest BCUT2D eigenvalue weighted by Crippen LogP contribution is 2.44. The fourth-order valence-electron chi connectivity index (χ4n) is 2.72. The van der Waals surface area contributed by atoms with Crippen LogP contribution in [-0.4, -0.2) is 25.8 Å². The second-order valence-electron chi connectivity index (χ2n) is 5.56. The Kier molecular flexibility index (Phi) is 7.19. The molecule has 1 fully saturated rings. The van der Waals surface area contributed by atoms with Gasteiger partial charge in [0.25, 0.3) is 0 Å². The van der Waals surface area contributed by atoms with Crippen LogP contribution < -0.4 is 5.32 Å². The Bertz CT molecular complexity index is 663. The number of morpholine rings is 1. The number of hydrogen-bond donors (Lipinski definition) is 1. The van der Waals surface area contributed by atoms with Crippen molar-refractivity contribution < 1.29 is 17.9 Å². The maximum absolute atomic E-state index is 13.3. The van der Waals surface area contributed by atoms with Crippen molar-refractivity contribution in [3.63, 3.8) is 0 Å². The molecule has 2 aromatic rings. The Balaban J connectivity index is 0.00000225. The van der Waals surface area contributed by atoms with E-state index in [0.29, 0.717) is 13.2 Å². The normalized spacial score (nSPS) is 19.1. The number of thioether (sulfide) groups is 1. The Morgan fingerprint density at radius 2 is 1.72 bits per heavy atom. The van der Waals surface area contributed by atoms with Gasteiger partial charge in [0.1, 0.15) is 0 Å². The standard InChI is InChI=1S/C18H18F3NOS.ClH/c19-18(20,21)14-8-4-5-9-16(14)24-17(13-6-2-1-3-7-13)15-12-22-10-11-23-15;/h1-9,15,17,22H,10-12H2;1H/t15-,17-;/m1./s1. The van der Waals surface area contributed by atoms with E-state index in [1.54, 1.807) is 6.07 Å². The van der Waals surface area contributed by atoms with Crippen LogP contribution in [0.3, 0.4) is 0 Å². The number of alkyl halides is 3. The average Bonchev–Trinajstić information content (AvgIpc) is 2.61. The van der Waals surface area contributed by atoms with E-state index in [4.69, 9.17) is 4.74 Å². The molecule has 1 saturated heterocycles. The molecule has 0 aromatic heterocycles. The first-order chi connectivity index (χ1) is 11.6. The van der Waals surface area contributed by atoms with E-state index in [9.17, 15) is 13.2 Å². The van der Waals surface area contributed by atoms with Gasteiger partial charge in [-0.05, 0) is 17.7 Å². The van der Waals surface area contributed by atoms with Crippen molar-refractivity contribution in [1.29, 1.82) is 0 Å². The number of hydrogen-bond acceptors (Lipinski definition) is 3. The minimum atomic E-state index is -4.36. The molecule has 1 aliphatic heterocycles. The summed E-state index contributed by atoms with van der Waals surface area (Å²) in [6, 6.07) is 15.3. The molecule has 2 aromatic carbocycles. The van der Waals surface area contributed by atoms with Gasteiger partial charge in [-0.15, -0.1) is 24.2 Å². The highest BCUT2D eigenvalue weighted by Gasteiger charge is 2.35. The first-order valence-electron chi connectivity index (χ1n) is 7.76. The summed E-state index contributed by atoms with van der Waals surface area (Å²) < 4.78 is 45.7. The fourth-order valence-corrected chi connectivity index (χ4v) is 4.08. The molecule has 0 amide bonds.